The molecule has 0 aliphatic heterocycles. The van der Waals surface area contributed by atoms with Crippen molar-refractivity contribution in [2.24, 2.45) is 7.05 Å². The van der Waals surface area contributed by atoms with E-state index in [1.165, 1.54) is 0 Å². The van der Waals surface area contributed by atoms with E-state index >= 15 is 0 Å². The first-order valence-corrected chi connectivity index (χ1v) is 5.86. The summed E-state index contributed by atoms with van der Waals surface area (Å²) in [6.07, 6.45) is 3.45. The van der Waals surface area contributed by atoms with Crippen LogP contribution in [0.3, 0.4) is 0 Å². The predicted molar refractivity (Wildman–Crippen MR) is 67.7 cm³/mol. The Morgan fingerprint density at radius 2 is 2.24 bits per heavy atom. The SMILES string of the molecule is C[C@@H](NCc1ncc(Cl)n1C)c1ccccn1. The highest BCUT2D eigenvalue weighted by Crippen LogP contribution is 2.11. The number of rotatable bonds is 4. The van der Waals surface area contributed by atoms with E-state index in [9.17, 15) is 0 Å². The molecule has 4 nitrogen and oxygen atoms in total. The molecule has 2 rings (SSSR count). The van der Waals surface area contributed by atoms with E-state index in [1.54, 1.807) is 12.4 Å². The van der Waals surface area contributed by atoms with E-state index in [2.05, 4.69) is 22.2 Å². The first-order chi connectivity index (χ1) is 8.18. The Kier molecular flexibility index (Phi) is 3.76. The lowest BCUT2D eigenvalue weighted by Gasteiger charge is -2.12. The lowest BCUT2D eigenvalue weighted by atomic mass is 10.2. The molecule has 2 aromatic rings. The molecule has 17 heavy (non-hydrogen) atoms. The van der Waals surface area contributed by atoms with Crippen LogP contribution in [0.15, 0.2) is 30.6 Å². The van der Waals surface area contributed by atoms with Gasteiger partial charge in [-0.2, -0.15) is 0 Å². The van der Waals surface area contributed by atoms with Gasteiger partial charge in [0, 0.05) is 19.3 Å². The van der Waals surface area contributed by atoms with Crippen LogP contribution in [0.4, 0.5) is 0 Å². The minimum atomic E-state index is 0.187. The lowest BCUT2D eigenvalue weighted by Crippen LogP contribution is -2.20. The maximum atomic E-state index is 5.92. The minimum absolute atomic E-state index is 0.187. The number of aromatic nitrogens is 3. The van der Waals surface area contributed by atoms with Crippen molar-refractivity contribution in [3.63, 3.8) is 0 Å². The first-order valence-electron chi connectivity index (χ1n) is 5.49. The molecule has 0 aromatic carbocycles. The number of nitrogens with zero attached hydrogens (tertiary/aromatic N) is 3. The van der Waals surface area contributed by atoms with E-state index in [0.29, 0.717) is 11.7 Å². The molecule has 90 valence electrons. The fourth-order valence-electron chi connectivity index (χ4n) is 1.57. The smallest absolute Gasteiger partial charge is 0.128 e. The summed E-state index contributed by atoms with van der Waals surface area (Å²) >= 11 is 5.92. The fraction of sp³-hybridized carbons (Fsp3) is 0.333. The average molecular weight is 251 g/mol. The van der Waals surface area contributed by atoms with Crippen molar-refractivity contribution in [1.29, 1.82) is 0 Å². The third-order valence-corrected chi connectivity index (χ3v) is 3.08. The van der Waals surface area contributed by atoms with Crippen molar-refractivity contribution in [3.05, 3.63) is 47.3 Å². The molecule has 0 aliphatic carbocycles. The van der Waals surface area contributed by atoms with Crippen molar-refractivity contribution >= 4 is 11.6 Å². The van der Waals surface area contributed by atoms with Gasteiger partial charge in [0.25, 0.3) is 0 Å². The number of hydrogen-bond acceptors (Lipinski definition) is 3. The molecule has 0 amide bonds. The van der Waals surface area contributed by atoms with E-state index in [-0.39, 0.29) is 6.04 Å². The molecule has 5 heteroatoms. The number of imidazole rings is 1. The second-order valence-corrected chi connectivity index (χ2v) is 4.30. The summed E-state index contributed by atoms with van der Waals surface area (Å²) in [6.45, 7) is 2.74. The Balaban J connectivity index is 1.97. The summed E-state index contributed by atoms with van der Waals surface area (Å²) in [5.74, 6) is 0.915. The van der Waals surface area contributed by atoms with Crippen LogP contribution in [-0.2, 0) is 13.6 Å². The van der Waals surface area contributed by atoms with Crippen molar-refractivity contribution in [1.82, 2.24) is 19.9 Å². The van der Waals surface area contributed by atoms with Gasteiger partial charge in [0.05, 0.1) is 18.4 Å². The molecular weight excluding hydrogens is 236 g/mol. The number of nitrogens with one attached hydrogen (secondary N) is 1. The molecule has 2 heterocycles. The summed E-state index contributed by atoms with van der Waals surface area (Å²) in [7, 11) is 1.90. The zero-order chi connectivity index (χ0) is 12.3. The molecule has 0 saturated heterocycles. The molecule has 1 N–H and O–H groups in total. The van der Waals surface area contributed by atoms with E-state index in [1.807, 2.05) is 29.8 Å². The Morgan fingerprint density at radius 3 is 2.82 bits per heavy atom. The zero-order valence-corrected chi connectivity index (χ0v) is 10.6. The Labute approximate surface area is 106 Å². The highest BCUT2D eigenvalue weighted by atomic mass is 35.5. The van der Waals surface area contributed by atoms with Crippen LogP contribution >= 0.6 is 11.6 Å². The summed E-state index contributed by atoms with van der Waals surface area (Å²) in [5.41, 5.74) is 1.02. The predicted octanol–water partition coefficient (Wildman–Crippen LogP) is 2.32. The molecular formula is C12H15ClN4. The second-order valence-electron chi connectivity index (χ2n) is 3.91. The van der Waals surface area contributed by atoms with E-state index in [4.69, 9.17) is 11.6 Å². The van der Waals surface area contributed by atoms with Crippen LogP contribution in [0.1, 0.15) is 24.5 Å². The van der Waals surface area contributed by atoms with Gasteiger partial charge in [0.15, 0.2) is 0 Å². The number of pyridine rings is 1. The molecule has 0 saturated carbocycles. The van der Waals surface area contributed by atoms with Crippen LogP contribution in [-0.4, -0.2) is 14.5 Å². The van der Waals surface area contributed by atoms with Crippen LogP contribution in [0.2, 0.25) is 5.15 Å². The van der Waals surface area contributed by atoms with Gasteiger partial charge in [-0.1, -0.05) is 17.7 Å². The van der Waals surface area contributed by atoms with Gasteiger partial charge in [-0.3, -0.25) is 4.98 Å². The number of halogens is 1. The summed E-state index contributed by atoms with van der Waals surface area (Å²) in [5, 5.41) is 4.01. The fourth-order valence-corrected chi connectivity index (χ4v) is 1.72. The molecule has 2 aromatic heterocycles. The highest BCUT2D eigenvalue weighted by molar-refractivity contribution is 6.29. The van der Waals surface area contributed by atoms with Gasteiger partial charge in [-0.05, 0) is 19.1 Å². The van der Waals surface area contributed by atoms with Crippen LogP contribution in [0, 0.1) is 0 Å². The molecule has 1 atom stereocenters. The van der Waals surface area contributed by atoms with Crippen LogP contribution < -0.4 is 5.32 Å². The topological polar surface area (TPSA) is 42.7 Å². The Hall–Kier alpha value is -1.39. The Morgan fingerprint density at radius 1 is 1.41 bits per heavy atom. The van der Waals surface area contributed by atoms with Crippen LogP contribution in [0.5, 0.6) is 0 Å². The van der Waals surface area contributed by atoms with Crippen molar-refractivity contribution < 1.29 is 0 Å². The molecule has 0 unspecified atom stereocenters. The quantitative estimate of drug-likeness (QED) is 0.906. The van der Waals surface area contributed by atoms with E-state index in [0.717, 1.165) is 11.5 Å². The largest absolute Gasteiger partial charge is 0.321 e. The zero-order valence-electron chi connectivity index (χ0n) is 9.89. The van der Waals surface area contributed by atoms with Crippen LogP contribution in [0.25, 0.3) is 0 Å². The molecule has 0 aliphatic rings. The summed E-state index contributed by atoms with van der Waals surface area (Å²) in [4.78, 5) is 8.53. The second kappa shape index (κ2) is 5.29. The third-order valence-electron chi connectivity index (χ3n) is 2.73. The van der Waals surface area contributed by atoms with Gasteiger partial charge < -0.3 is 9.88 Å². The maximum absolute atomic E-state index is 5.92. The standard InChI is InChI=1S/C12H15ClN4/c1-9(10-5-3-4-6-14-10)15-8-12-16-7-11(13)17(12)2/h3-7,9,15H,8H2,1-2H3/t9-/m1/s1. The molecule has 0 bridgehead atoms. The molecule has 0 spiro atoms. The monoisotopic (exact) mass is 250 g/mol. The average Bonchev–Trinajstić information content (AvgIpc) is 2.68. The lowest BCUT2D eigenvalue weighted by molar-refractivity contribution is 0.539. The van der Waals surface area contributed by atoms with E-state index < -0.39 is 0 Å². The van der Waals surface area contributed by atoms with Gasteiger partial charge in [-0.25, -0.2) is 4.98 Å². The minimum Gasteiger partial charge on any atom is -0.321 e. The van der Waals surface area contributed by atoms with Crippen molar-refractivity contribution in [2.75, 3.05) is 0 Å². The molecule has 0 radical (unpaired) electrons. The van der Waals surface area contributed by atoms with Crippen molar-refractivity contribution in [3.8, 4) is 0 Å². The van der Waals surface area contributed by atoms with Gasteiger partial charge in [0.2, 0.25) is 0 Å². The molecule has 0 fully saturated rings. The Bertz CT molecular complexity index is 481. The van der Waals surface area contributed by atoms with Gasteiger partial charge in [-0.15, -0.1) is 0 Å². The van der Waals surface area contributed by atoms with Crippen molar-refractivity contribution in [2.45, 2.75) is 19.5 Å². The third kappa shape index (κ3) is 2.84. The normalized spacial score (nSPS) is 12.6. The van der Waals surface area contributed by atoms with Gasteiger partial charge in [0.1, 0.15) is 11.0 Å². The highest BCUT2D eigenvalue weighted by Gasteiger charge is 2.08. The first kappa shape index (κ1) is 12.1. The maximum Gasteiger partial charge on any atom is 0.128 e. The number of hydrogen-bond donors (Lipinski definition) is 1. The summed E-state index contributed by atoms with van der Waals surface area (Å²) in [6, 6.07) is 6.09. The summed E-state index contributed by atoms with van der Waals surface area (Å²) < 4.78 is 1.86. The van der Waals surface area contributed by atoms with Gasteiger partial charge >= 0.3 is 0 Å².